The van der Waals surface area contributed by atoms with Crippen molar-refractivity contribution in [3.8, 4) is 0 Å². The van der Waals surface area contributed by atoms with Gasteiger partial charge < -0.3 is 10.8 Å². The number of rotatable bonds is 3. The Hall–Kier alpha value is -1.06. The van der Waals surface area contributed by atoms with E-state index >= 15 is 0 Å². The standard InChI is InChI=1S/C11H14ClNO2/c1-6-3-4-7(2)10(12)8(6)5-9(13)11(14)15/h3-4,9H,5,13H2,1-2H3,(H,14,15). The molecule has 1 rings (SSSR count). The Morgan fingerprint density at radius 1 is 1.47 bits per heavy atom. The average Bonchev–Trinajstić information content (AvgIpc) is 2.18. The topological polar surface area (TPSA) is 63.3 Å². The van der Waals surface area contributed by atoms with Gasteiger partial charge in [-0.05, 0) is 37.0 Å². The normalized spacial score (nSPS) is 12.5. The first-order valence-corrected chi connectivity index (χ1v) is 5.04. The lowest BCUT2D eigenvalue weighted by molar-refractivity contribution is -0.138. The lowest BCUT2D eigenvalue weighted by Gasteiger charge is -2.12. The summed E-state index contributed by atoms with van der Waals surface area (Å²) < 4.78 is 0. The van der Waals surface area contributed by atoms with Gasteiger partial charge in [0.25, 0.3) is 0 Å². The molecule has 0 radical (unpaired) electrons. The Morgan fingerprint density at radius 3 is 2.53 bits per heavy atom. The smallest absolute Gasteiger partial charge is 0.320 e. The van der Waals surface area contributed by atoms with Gasteiger partial charge in [-0.1, -0.05) is 23.7 Å². The van der Waals surface area contributed by atoms with Gasteiger partial charge in [-0.3, -0.25) is 4.79 Å². The summed E-state index contributed by atoms with van der Waals surface area (Å²) in [6, 6.07) is 2.93. The van der Waals surface area contributed by atoms with E-state index in [0.29, 0.717) is 5.02 Å². The van der Waals surface area contributed by atoms with Crippen LogP contribution in [0, 0.1) is 13.8 Å². The number of nitrogens with two attached hydrogens (primary N) is 1. The Labute approximate surface area is 93.9 Å². The summed E-state index contributed by atoms with van der Waals surface area (Å²) in [5.74, 6) is -1.01. The van der Waals surface area contributed by atoms with Gasteiger partial charge in [0.15, 0.2) is 0 Å². The zero-order valence-corrected chi connectivity index (χ0v) is 9.51. The van der Waals surface area contributed by atoms with Crippen LogP contribution in [0.4, 0.5) is 0 Å². The molecule has 0 aliphatic heterocycles. The van der Waals surface area contributed by atoms with E-state index in [9.17, 15) is 4.79 Å². The van der Waals surface area contributed by atoms with E-state index in [2.05, 4.69) is 0 Å². The van der Waals surface area contributed by atoms with Crippen molar-refractivity contribution in [3.05, 3.63) is 33.8 Å². The lowest BCUT2D eigenvalue weighted by Crippen LogP contribution is -2.32. The maximum absolute atomic E-state index is 10.6. The van der Waals surface area contributed by atoms with Crippen LogP contribution in [0.5, 0.6) is 0 Å². The molecule has 0 amide bonds. The summed E-state index contributed by atoms with van der Waals surface area (Å²) in [5.41, 5.74) is 8.22. The van der Waals surface area contributed by atoms with Gasteiger partial charge >= 0.3 is 5.97 Å². The van der Waals surface area contributed by atoms with E-state index in [1.165, 1.54) is 0 Å². The third-order valence-corrected chi connectivity index (χ3v) is 2.94. The zero-order valence-electron chi connectivity index (χ0n) is 8.75. The van der Waals surface area contributed by atoms with Gasteiger partial charge in [-0.25, -0.2) is 0 Å². The van der Waals surface area contributed by atoms with E-state index in [4.69, 9.17) is 22.4 Å². The summed E-state index contributed by atoms with van der Waals surface area (Å²) in [5, 5.41) is 9.34. The lowest BCUT2D eigenvalue weighted by atomic mass is 9.99. The van der Waals surface area contributed by atoms with E-state index in [-0.39, 0.29) is 6.42 Å². The van der Waals surface area contributed by atoms with Gasteiger partial charge in [0.2, 0.25) is 0 Å². The molecule has 1 aromatic carbocycles. The maximum atomic E-state index is 10.6. The number of carboxylic acids is 1. The van der Waals surface area contributed by atoms with Gasteiger partial charge in [0.05, 0.1) is 0 Å². The number of carboxylic acid groups (broad SMARTS) is 1. The molecule has 0 aromatic heterocycles. The van der Waals surface area contributed by atoms with E-state index in [0.717, 1.165) is 16.7 Å². The molecule has 1 atom stereocenters. The van der Waals surface area contributed by atoms with E-state index in [1.807, 2.05) is 26.0 Å². The van der Waals surface area contributed by atoms with Gasteiger partial charge in [-0.2, -0.15) is 0 Å². The van der Waals surface area contributed by atoms with Crippen molar-refractivity contribution in [1.29, 1.82) is 0 Å². The molecule has 1 aromatic rings. The Morgan fingerprint density at radius 2 is 2.00 bits per heavy atom. The number of hydrogen-bond acceptors (Lipinski definition) is 2. The quantitative estimate of drug-likeness (QED) is 0.829. The fraction of sp³-hybridized carbons (Fsp3) is 0.364. The second kappa shape index (κ2) is 4.64. The van der Waals surface area contributed by atoms with E-state index in [1.54, 1.807) is 0 Å². The van der Waals surface area contributed by atoms with Crippen LogP contribution < -0.4 is 5.73 Å². The number of carbonyl (C=O) groups is 1. The number of benzene rings is 1. The summed E-state index contributed by atoms with van der Waals surface area (Å²) in [6.07, 6.45) is 0.266. The molecule has 0 spiro atoms. The van der Waals surface area contributed by atoms with Crippen LogP contribution in [0.25, 0.3) is 0 Å². The number of aryl methyl sites for hydroxylation is 2. The third kappa shape index (κ3) is 2.70. The molecule has 0 saturated carbocycles. The fourth-order valence-electron chi connectivity index (χ4n) is 1.39. The van der Waals surface area contributed by atoms with Crippen molar-refractivity contribution in [2.24, 2.45) is 5.73 Å². The van der Waals surface area contributed by atoms with Crippen LogP contribution in [-0.4, -0.2) is 17.1 Å². The minimum absolute atomic E-state index is 0.266. The second-order valence-corrected chi connectivity index (χ2v) is 4.02. The third-order valence-electron chi connectivity index (χ3n) is 2.41. The highest BCUT2D eigenvalue weighted by Crippen LogP contribution is 2.24. The molecular formula is C11H14ClNO2. The van der Waals surface area contributed by atoms with Crippen molar-refractivity contribution in [1.82, 2.24) is 0 Å². The zero-order chi connectivity index (χ0) is 11.6. The molecular weight excluding hydrogens is 214 g/mol. The predicted molar refractivity (Wildman–Crippen MR) is 60.2 cm³/mol. The SMILES string of the molecule is Cc1ccc(C)c(CC(N)C(=O)O)c1Cl. The van der Waals surface area contributed by atoms with Gasteiger partial charge in [-0.15, -0.1) is 0 Å². The van der Waals surface area contributed by atoms with Crippen LogP contribution in [0.15, 0.2) is 12.1 Å². The minimum atomic E-state index is -1.01. The van der Waals surface area contributed by atoms with Gasteiger partial charge in [0.1, 0.15) is 6.04 Å². The molecule has 0 heterocycles. The first-order valence-electron chi connectivity index (χ1n) is 4.66. The first kappa shape index (κ1) is 12.0. The number of hydrogen-bond donors (Lipinski definition) is 2. The second-order valence-electron chi connectivity index (χ2n) is 3.64. The molecule has 0 fully saturated rings. The van der Waals surface area contributed by atoms with Crippen LogP contribution in [-0.2, 0) is 11.2 Å². The predicted octanol–water partition coefficient (Wildman–Crippen LogP) is 1.91. The highest BCUT2D eigenvalue weighted by Gasteiger charge is 2.16. The number of aliphatic carboxylic acids is 1. The highest BCUT2D eigenvalue weighted by molar-refractivity contribution is 6.32. The van der Waals surface area contributed by atoms with Crippen LogP contribution in [0.2, 0.25) is 5.02 Å². The molecule has 82 valence electrons. The molecule has 3 N–H and O–H groups in total. The molecule has 0 aliphatic rings. The molecule has 15 heavy (non-hydrogen) atoms. The Balaban J connectivity index is 3.03. The molecule has 0 aliphatic carbocycles. The highest BCUT2D eigenvalue weighted by atomic mass is 35.5. The molecule has 4 heteroatoms. The largest absolute Gasteiger partial charge is 0.480 e. The monoisotopic (exact) mass is 227 g/mol. The first-order chi connectivity index (χ1) is 6.93. The maximum Gasteiger partial charge on any atom is 0.320 e. The minimum Gasteiger partial charge on any atom is -0.480 e. The van der Waals surface area contributed by atoms with Crippen LogP contribution in [0.1, 0.15) is 16.7 Å². The van der Waals surface area contributed by atoms with Crippen molar-refractivity contribution in [2.45, 2.75) is 26.3 Å². The summed E-state index contributed by atoms with van der Waals surface area (Å²) in [6.45, 7) is 3.78. The van der Waals surface area contributed by atoms with Gasteiger partial charge in [0, 0.05) is 5.02 Å². The summed E-state index contributed by atoms with van der Waals surface area (Å²) >= 11 is 6.10. The molecule has 0 saturated heterocycles. The Kier molecular flexibility index (Phi) is 3.72. The molecule has 0 bridgehead atoms. The van der Waals surface area contributed by atoms with Crippen molar-refractivity contribution >= 4 is 17.6 Å². The van der Waals surface area contributed by atoms with Crippen LogP contribution in [0.3, 0.4) is 0 Å². The number of halogens is 1. The molecule has 3 nitrogen and oxygen atoms in total. The fourth-order valence-corrected chi connectivity index (χ4v) is 1.68. The van der Waals surface area contributed by atoms with Crippen molar-refractivity contribution in [2.75, 3.05) is 0 Å². The summed E-state index contributed by atoms with van der Waals surface area (Å²) in [7, 11) is 0. The van der Waals surface area contributed by atoms with E-state index < -0.39 is 12.0 Å². The molecule has 1 unspecified atom stereocenters. The summed E-state index contributed by atoms with van der Waals surface area (Å²) in [4.78, 5) is 10.6. The average molecular weight is 228 g/mol. The van der Waals surface area contributed by atoms with Crippen molar-refractivity contribution in [3.63, 3.8) is 0 Å². The van der Waals surface area contributed by atoms with Crippen molar-refractivity contribution < 1.29 is 9.90 Å². The van der Waals surface area contributed by atoms with Crippen LogP contribution >= 0.6 is 11.6 Å². The Bertz CT molecular complexity index is 390.